The number of hydrogen-bond donors (Lipinski definition) is 0. The molecule has 0 spiro atoms. The fourth-order valence-corrected chi connectivity index (χ4v) is 2.55. The van der Waals surface area contributed by atoms with Gasteiger partial charge in [-0.15, -0.1) is 0 Å². The number of hydrogen-bond acceptors (Lipinski definition) is 1. The Bertz CT molecular complexity index is 145. The van der Waals surface area contributed by atoms with Crippen molar-refractivity contribution in [3.63, 3.8) is 0 Å². The lowest BCUT2D eigenvalue weighted by Crippen LogP contribution is -2.23. The fraction of sp³-hybridized carbons (Fsp3) is 1.00. The average molecular weight is 233 g/mol. The summed E-state index contributed by atoms with van der Waals surface area (Å²) in [5, 5.41) is 0. The van der Waals surface area contributed by atoms with Crippen molar-refractivity contribution in [3.8, 4) is 0 Å². The van der Waals surface area contributed by atoms with Crippen LogP contribution < -0.4 is 0 Å². The van der Waals surface area contributed by atoms with Crippen molar-refractivity contribution >= 4 is 15.9 Å². The van der Waals surface area contributed by atoms with Gasteiger partial charge in [-0.05, 0) is 25.7 Å². The molecule has 0 bridgehead atoms. The second-order valence-corrected chi connectivity index (χ2v) is 5.20. The van der Waals surface area contributed by atoms with Crippen molar-refractivity contribution in [1.82, 2.24) is 0 Å². The highest BCUT2D eigenvalue weighted by atomic mass is 79.9. The van der Waals surface area contributed by atoms with Gasteiger partial charge >= 0.3 is 0 Å². The first kappa shape index (κ1) is 9.01. The van der Waals surface area contributed by atoms with Crippen molar-refractivity contribution in [2.24, 2.45) is 0 Å². The van der Waals surface area contributed by atoms with Crippen LogP contribution in [0, 0.1) is 0 Å². The lowest BCUT2D eigenvalue weighted by molar-refractivity contribution is 0.0356. The molecule has 2 heteroatoms. The second kappa shape index (κ2) is 4.10. The maximum atomic E-state index is 5.95. The van der Waals surface area contributed by atoms with Gasteiger partial charge in [0.05, 0.1) is 12.2 Å². The van der Waals surface area contributed by atoms with Gasteiger partial charge in [-0.25, -0.2) is 0 Å². The van der Waals surface area contributed by atoms with Crippen LogP contribution in [0.3, 0.4) is 0 Å². The summed E-state index contributed by atoms with van der Waals surface area (Å²) in [4.78, 5) is 0.626. The van der Waals surface area contributed by atoms with Gasteiger partial charge in [-0.2, -0.15) is 0 Å². The quantitative estimate of drug-likeness (QED) is 0.525. The molecule has 0 aromatic rings. The SMILES string of the molecule is BrC1CCCCCC1OC1CC1. The van der Waals surface area contributed by atoms with E-state index in [1.54, 1.807) is 0 Å². The van der Waals surface area contributed by atoms with Crippen molar-refractivity contribution in [2.45, 2.75) is 62.0 Å². The first-order valence-electron chi connectivity index (χ1n) is 5.16. The van der Waals surface area contributed by atoms with Crippen molar-refractivity contribution in [2.75, 3.05) is 0 Å². The molecule has 2 rings (SSSR count). The summed E-state index contributed by atoms with van der Waals surface area (Å²) in [6.45, 7) is 0. The van der Waals surface area contributed by atoms with Crippen LogP contribution in [-0.4, -0.2) is 17.0 Å². The molecule has 1 nitrogen and oxygen atoms in total. The van der Waals surface area contributed by atoms with E-state index in [1.807, 2.05) is 0 Å². The molecule has 0 aliphatic heterocycles. The second-order valence-electron chi connectivity index (χ2n) is 4.03. The van der Waals surface area contributed by atoms with E-state index >= 15 is 0 Å². The molecule has 0 radical (unpaired) electrons. The summed E-state index contributed by atoms with van der Waals surface area (Å²) in [5.41, 5.74) is 0. The Morgan fingerprint density at radius 1 is 0.917 bits per heavy atom. The largest absolute Gasteiger partial charge is 0.374 e. The van der Waals surface area contributed by atoms with Crippen LogP contribution >= 0.6 is 15.9 Å². The molecule has 2 atom stereocenters. The Morgan fingerprint density at radius 2 is 1.67 bits per heavy atom. The third-order valence-electron chi connectivity index (χ3n) is 2.76. The normalized spacial score (nSPS) is 37.8. The van der Waals surface area contributed by atoms with Gasteiger partial charge in [0.15, 0.2) is 0 Å². The molecule has 2 aliphatic carbocycles. The molecule has 2 unspecified atom stereocenters. The summed E-state index contributed by atoms with van der Waals surface area (Å²) < 4.78 is 5.95. The third kappa shape index (κ3) is 2.46. The predicted octanol–water partition coefficient (Wildman–Crippen LogP) is 3.26. The van der Waals surface area contributed by atoms with Gasteiger partial charge in [0, 0.05) is 4.83 Å². The minimum atomic E-state index is 0.514. The van der Waals surface area contributed by atoms with Gasteiger partial charge in [0.25, 0.3) is 0 Å². The predicted molar refractivity (Wildman–Crippen MR) is 53.7 cm³/mol. The lowest BCUT2D eigenvalue weighted by atomic mass is 10.1. The monoisotopic (exact) mass is 232 g/mol. The zero-order chi connectivity index (χ0) is 8.39. The topological polar surface area (TPSA) is 9.23 Å². The minimum absolute atomic E-state index is 0.514. The zero-order valence-electron chi connectivity index (χ0n) is 7.47. The molecule has 0 aromatic carbocycles. The molecule has 2 aliphatic rings. The Hall–Kier alpha value is 0.440. The van der Waals surface area contributed by atoms with Crippen LogP contribution in [0.25, 0.3) is 0 Å². The molecule has 70 valence electrons. The summed E-state index contributed by atoms with van der Waals surface area (Å²) in [7, 11) is 0. The van der Waals surface area contributed by atoms with Gasteiger partial charge in [-0.1, -0.05) is 35.2 Å². The Balaban J connectivity index is 1.81. The lowest BCUT2D eigenvalue weighted by Gasteiger charge is -2.20. The van der Waals surface area contributed by atoms with Crippen molar-refractivity contribution in [3.05, 3.63) is 0 Å². The Morgan fingerprint density at radius 3 is 2.42 bits per heavy atom. The fourth-order valence-electron chi connectivity index (χ4n) is 1.83. The third-order valence-corrected chi connectivity index (χ3v) is 3.81. The van der Waals surface area contributed by atoms with E-state index in [0.717, 1.165) is 0 Å². The van der Waals surface area contributed by atoms with E-state index in [0.29, 0.717) is 17.0 Å². The molecule has 0 aromatic heterocycles. The molecule has 2 saturated carbocycles. The molecule has 0 saturated heterocycles. The molecule has 0 heterocycles. The maximum absolute atomic E-state index is 5.95. The number of ether oxygens (including phenoxy) is 1. The van der Waals surface area contributed by atoms with Crippen molar-refractivity contribution in [1.29, 1.82) is 0 Å². The highest BCUT2D eigenvalue weighted by molar-refractivity contribution is 9.09. The van der Waals surface area contributed by atoms with Crippen molar-refractivity contribution < 1.29 is 4.74 Å². The maximum Gasteiger partial charge on any atom is 0.0703 e. The minimum Gasteiger partial charge on any atom is -0.374 e. The van der Waals surface area contributed by atoms with Crippen LogP contribution in [-0.2, 0) is 4.74 Å². The number of rotatable bonds is 2. The zero-order valence-corrected chi connectivity index (χ0v) is 9.05. The molecular formula is C10H17BrO. The molecule has 2 fully saturated rings. The molecular weight excluding hydrogens is 216 g/mol. The number of halogens is 1. The van der Waals surface area contributed by atoms with E-state index in [4.69, 9.17) is 4.74 Å². The Kier molecular flexibility index (Phi) is 3.08. The summed E-state index contributed by atoms with van der Waals surface area (Å²) in [6.07, 6.45) is 10.4. The van der Waals surface area contributed by atoms with Gasteiger partial charge in [0.1, 0.15) is 0 Å². The summed E-state index contributed by atoms with van der Waals surface area (Å²) in [5.74, 6) is 0. The van der Waals surface area contributed by atoms with Gasteiger partial charge in [0.2, 0.25) is 0 Å². The van der Waals surface area contributed by atoms with E-state index in [-0.39, 0.29) is 0 Å². The van der Waals surface area contributed by atoms with E-state index in [1.165, 1.54) is 44.9 Å². The highest BCUT2D eigenvalue weighted by Gasteiger charge is 2.30. The van der Waals surface area contributed by atoms with Crippen LogP contribution in [0.1, 0.15) is 44.9 Å². The van der Waals surface area contributed by atoms with E-state index in [9.17, 15) is 0 Å². The Labute approximate surface area is 83.0 Å². The van der Waals surface area contributed by atoms with Gasteiger partial charge < -0.3 is 4.74 Å². The highest BCUT2D eigenvalue weighted by Crippen LogP contribution is 2.32. The molecule has 0 N–H and O–H groups in total. The summed E-state index contributed by atoms with van der Waals surface area (Å²) in [6, 6.07) is 0. The van der Waals surface area contributed by atoms with Gasteiger partial charge in [-0.3, -0.25) is 0 Å². The van der Waals surface area contributed by atoms with Crippen LogP contribution in [0.5, 0.6) is 0 Å². The van der Waals surface area contributed by atoms with E-state index < -0.39 is 0 Å². The van der Waals surface area contributed by atoms with Crippen LogP contribution in [0.2, 0.25) is 0 Å². The average Bonchev–Trinajstić information content (AvgIpc) is 2.84. The van der Waals surface area contributed by atoms with Crippen LogP contribution in [0.15, 0.2) is 0 Å². The molecule has 12 heavy (non-hydrogen) atoms. The van der Waals surface area contributed by atoms with Crippen LogP contribution in [0.4, 0.5) is 0 Å². The molecule has 0 amide bonds. The van der Waals surface area contributed by atoms with E-state index in [2.05, 4.69) is 15.9 Å². The summed E-state index contributed by atoms with van der Waals surface area (Å²) >= 11 is 3.74. The first-order chi connectivity index (χ1) is 5.86. The smallest absolute Gasteiger partial charge is 0.0703 e. The standard InChI is InChI=1S/C10H17BrO/c11-9-4-2-1-3-5-10(9)12-8-6-7-8/h8-10H,1-7H2. The first-order valence-corrected chi connectivity index (χ1v) is 6.07. The number of alkyl halides is 1.